The smallest absolute Gasteiger partial charge is 0.225 e. The molecule has 2 aromatic rings. The highest BCUT2D eigenvalue weighted by molar-refractivity contribution is 5.79. The van der Waals surface area contributed by atoms with Crippen LogP contribution in [0.25, 0.3) is 11.1 Å². The molecule has 0 radical (unpaired) electrons. The normalized spacial score (nSPS) is 20.8. The van der Waals surface area contributed by atoms with Crippen LogP contribution in [0.2, 0.25) is 0 Å². The number of rotatable bonds is 4. The van der Waals surface area contributed by atoms with E-state index in [1.807, 2.05) is 12.4 Å². The molecule has 1 aliphatic heterocycles. The van der Waals surface area contributed by atoms with E-state index >= 15 is 0 Å². The maximum Gasteiger partial charge on any atom is 0.225 e. The molecule has 5 heteroatoms. The average Bonchev–Trinajstić information content (AvgIpc) is 2.75. The van der Waals surface area contributed by atoms with Crippen LogP contribution >= 0.6 is 0 Å². The summed E-state index contributed by atoms with van der Waals surface area (Å²) in [6.07, 6.45) is 11.8. The summed E-state index contributed by atoms with van der Waals surface area (Å²) in [4.78, 5) is 24.1. The number of carbonyl (C=O) groups is 1. The monoisotopic (exact) mass is 378 g/mol. The Bertz CT molecular complexity index is 781. The highest BCUT2D eigenvalue weighted by atomic mass is 16.2. The lowest BCUT2D eigenvalue weighted by molar-refractivity contribution is -0.126. The number of aryl methyl sites for hydroxylation is 1. The first-order valence-electron chi connectivity index (χ1n) is 10.6. The van der Waals surface area contributed by atoms with E-state index < -0.39 is 0 Å². The summed E-state index contributed by atoms with van der Waals surface area (Å²) in [7, 11) is 0. The van der Waals surface area contributed by atoms with Gasteiger partial charge in [0.1, 0.15) is 0 Å². The molecule has 1 saturated carbocycles. The first-order valence-corrected chi connectivity index (χ1v) is 10.6. The molecule has 0 bridgehead atoms. The van der Waals surface area contributed by atoms with Gasteiger partial charge >= 0.3 is 0 Å². The highest BCUT2D eigenvalue weighted by Crippen LogP contribution is 2.24. The predicted molar refractivity (Wildman–Crippen MR) is 112 cm³/mol. The highest BCUT2D eigenvalue weighted by Gasteiger charge is 2.28. The molecule has 1 amide bonds. The maximum atomic E-state index is 12.7. The van der Waals surface area contributed by atoms with E-state index in [9.17, 15) is 4.79 Å². The molecule has 5 nitrogen and oxygen atoms in total. The molecule has 2 aliphatic rings. The van der Waals surface area contributed by atoms with E-state index in [1.165, 1.54) is 24.8 Å². The number of anilines is 1. The van der Waals surface area contributed by atoms with E-state index in [-0.39, 0.29) is 11.8 Å². The summed E-state index contributed by atoms with van der Waals surface area (Å²) < 4.78 is 0. The second-order valence-electron chi connectivity index (χ2n) is 8.27. The molecule has 148 valence electrons. The third kappa shape index (κ3) is 4.51. The van der Waals surface area contributed by atoms with Gasteiger partial charge in [0.15, 0.2) is 0 Å². The SMILES string of the molecule is Cc1ccc(-c2cnc(N3CCCC(C(=O)NC4CCCCC4)C3)nc2)cc1. The van der Waals surface area contributed by atoms with Crippen molar-refractivity contribution in [2.24, 2.45) is 5.92 Å². The van der Waals surface area contributed by atoms with Gasteiger partial charge in [0.05, 0.1) is 5.92 Å². The molecule has 2 fully saturated rings. The van der Waals surface area contributed by atoms with Gasteiger partial charge in [-0.2, -0.15) is 0 Å². The van der Waals surface area contributed by atoms with Crippen molar-refractivity contribution >= 4 is 11.9 Å². The Hall–Kier alpha value is -2.43. The van der Waals surface area contributed by atoms with Gasteiger partial charge in [-0.1, -0.05) is 49.1 Å². The zero-order valence-corrected chi connectivity index (χ0v) is 16.7. The largest absolute Gasteiger partial charge is 0.353 e. The number of hydrogen-bond donors (Lipinski definition) is 1. The van der Waals surface area contributed by atoms with Gasteiger partial charge in [0.25, 0.3) is 0 Å². The number of amides is 1. The van der Waals surface area contributed by atoms with E-state index in [2.05, 4.69) is 51.4 Å². The van der Waals surface area contributed by atoms with Crippen LogP contribution < -0.4 is 10.2 Å². The number of nitrogens with zero attached hydrogens (tertiary/aromatic N) is 3. The molecule has 28 heavy (non-hydrogen) atoms. The van der Waals surface area contributed by atoms with Crippen molar-refractivity contribution < 1.29 is 4.79 Å². The van der Waals surface area contributed by atoms with Gasteiger partial charge in [0, 0.05) is 37.1 Å². The fourth-order valence-corrected chi connectivity index (χ4v) is 4.32. The van der Waals surface area contributed by atoms with Gasteiger partial charge in [-0.3, -0.25) is 4.79 Å². The minimum Gasteiger partial charge on any atom is -0.353 e. The van der Waals surface area contributed by atoms with Crippen LogP contribution in [-0.2, 0) is 4.79 Å². The van der Waals surface area contributed by atoms with Crippen LogP contribution in [0.5, 0.6) is 0 Å². The molecule has 2 heterocycles. The molecule has 0 spiro atoms. The molecule has 1 aromatic carbocycles. The van der Waals surface area contributed by atoms with Gasteiger partial charge in [-0.05, 0) is 38.2 Å². The molecule has 1 unspecified atom stereocenters. The van der Waals surface area contributed by atoms with Crippen molar-refractivity contribution in [1.29, 1.82) is 0 Å². The summed E-state index contributed by atoms with van der Waals surface area (Å²) in [5.41, 5.74) is 3.39. The molecule has 1 saturated heterocycles. The molecular formula is C23H30N4O. The van der Waals surface area contributed by atoms with Crippen LogP contribution in [-0.4, -0.2) is 35.0 Å². The Morgan fingerprint density at radius 2 is 1.68 bits per heavy atom. The maximum absolute atomic E-state index is 12.7. The van der Waals surface area contributed by atoms with Gasteiger partial charge < -0.3 is 10.2 Å². The predicted octanol–water partition coefficient (Wildman–Crippen LogP) is 4.12. The fourth-order valence-electron chi connectivity index (χ4n) is 4.32. The van der Waals surface area contributed by atoms with Crippen molar-refractivity contribution in [3.05, 3.63) is 42.2 Å². The molecule has 4 rings (SSSR count). The lowest BCUT2D eigenvalue weighted by Crippen LogP contribution is -2.46. The Kier molecular flexibility index (Phi) is 5.89. The van der Waals surface area contributed by atoms with Gasteiger partial charge in [-0.15, -0.1) is 0 Å². The third-order valence-electron chi connectivity index (χ3n) is 6.05. The molecular weight excluding hydrogens is 348 g/mol. The number of carbonyl (C=O) groups excluding carboxylic acids is 1. The zero-order chi connectivity index (χ0) is 19.3. The lowest BCUT2D eigenvalue weighted by Gasteiger charge is -2.33. The van der Waals surface area contributed by atoms with Crippen molar-refractivity contribution in [2.75, 3.05) is 18.0 Å². The molecule has 1 aliphatic carbocycles. The van der Waals surface area contributed by atoms with E-state index in [1.54, 1.807) is 0 Å². The minimum absolute atomic E-state index is 0.0380. The summed E-state index contributed by atoms with van der Waals surface area (Å²) in [6.45, 7) is 3.71. The first kappa shape index (κ1) is 18.9. The van der Waals surface area contributed by atoms with E-state index in [0.29, 0.717) is 12.6 Å². The summed E-state index contributed by atoms with van der Waals surface area (Å²) in [5.74, 6) is 0.981. The Morgan fingerprint density at radius 3 is 2.39 bits per heavy atom. The average molecular weight is 379 g/mol. The van der Waals surface area contributed by atoms with Crippen molar-refractivity contribution in [2.45, 2.75) is 57.9 Å². The van der Waals surface area contributed by atoms with Crippen LogP contribution in [0.1, 0.15) is 50.5 Å². The molecule has 1 N–H and O–H groups in total. The van der Waals surface area contributed by atoms with Crippen molar-refractivity contribution in [3.8, 4) is 11.1 Å². The number of nitrogens with one attached hydrogen (secondary N) is 1. The zero-order valence-electron chi connectivity index (χ0n) is 16.7. The first-order chi connectivity index (χ1) is 13.7. The van der Waals surface area contributed by atoms with E-state index in [4.69, 9.17) is 0 Å². The fraction of sp³-hybridized carbons (Fsp3) is 0.522. The van der Waals surface area contributed by atoms with Crippen LogP contribution in [0.4, 0.5) is 5.95 Å². The topological polar surface area (TPSA) is 58.1 Å². The number of benzene rings is 1. The Labute approximate surface area is 167 Å². The second-order valence-corrected chi connectivity index (χ2v) is 8.27. The van der Waals surface area contributed by atoms with Crippen molar-refractivity contribution in [3.63, 3.8) is 0 Å². The van der Waals surface area contributed by atoms with Gasteiger partial charge in [-0.25, -0.2) is 9.97 Å². The third-order valence-corrected chi connectivity index (χ3v) is 6.05. The van der Waals surface area contributed by atoms with Crippen LogP contribution in [0.3, 0.4) is 0 Å². The van der Waals surface area contributed by atoms with Crippen LogP contribution in [0, 0.1) is 12.8 Å². The van der Waals surface area contributed by atoms with Crippen molar-refractivity contribution in [1.82, 2.24) is 15.3 Å². The summed E-state index contributed by atoms with van der Waals surface area (Å²) >= 11 is 0. The molecule has 1 aromatic heterocycles. The van der Waals surface area contributed by atoms with Gasteiger partial charge in [0.2, 0.25) is 11.9 Å². The van der Waals surface area contributed by atoms with Crippen LogP contribution in [0.15, 0.2) is 36.7 Å². The standard InChI is InChI=1S/C23H30N4O/c1-17-9-11-18(12-10-17)20-14-24-23(25-15-20)27-13-5-6-19(16-27)22(28)26-21-7-3-2-4-8-21/h9-12,14-15,19,21H,2-8,13,16H2,1H3,(H,26,28). The minimum atomic E-state index is 0.0380. The summed E-state index contributed by atoms with van der Waals surface area (Å²) in [6, 6.07) is 8.77. The number of hydrogen-bond acceptors (Lipinski definition) is 4. The molecule has 1 atom stereocenters. The second kappa shape index (κ2) is 8.72. The van der Waals surface area contributed by atoms with E-state index in [0.717, 1.165) is 49.3 Å². The number of aromatic nitrogens is 2. The number of piperidine rings is 1. The Morgan fingerprint density at radius 1 is 0.964 bits per heavy atom. The summed E-state index contributed by atoms with van der Waals surface area (Å²) in [5, 5.41) is 3.29. The Balaban J connectivity index is 1.38. The quantitative estimate of drug-likeness (QED) is 0.870. The lowest BCUT2D eigenvalue weighted by atomic mass is 9.93.